The Bertz CT molecular complexity index is 436. The number of para-hydroxylation sites is 1. The molecule has 2 rings (SSSR count). The minimum absolute atomic E-state index is 0.0804. The highest BCUT2D eigenvalue weighted by atomic mass is 19.1. The highest BCUT2D eigenvalue weighted by Gasteiger charge is 2.29. The number of rotatable bonds is 3. The molecular formula is C15H22FNO2. The molecule has 1 aromatic carbocycles. The van der Waals surface area contributed by atoms with Crippen molar-refractivity contribution in [1.29, 1.82) is 0 Å². The van der Waals surface area contributed by atoms with E-state index in [4.69, 9.17) is 0 Å². The van der Waals surface area contributed by atoms with Gasteiger partial charge in [-0.25, -0.2) is 4.39 Å². The first-order valence-corrected chi connectivity index (χ1v) is 6.89. The summed E-state index contributed by atoms with van der Waals surface area (Å²) in [6.07, 6.45) is 2.52. The molecule has 106 valence electrons. The predicted molar refractivity (Wildman–Crippen MR) is 73.7 cm³/mol. The molecular weight excluding hydrogens is 245 g/mol. The number of hydrogen-bond donors (Lipinski definition) is 2. The van der Waals surface area contributed by atoms with E-state index in [1.54, 1.807) is 31.0 Å². The van der Waals surface area contributed by atoms with Crippen LogP contribution in [0, 0.1) is 5.82 Å². The maximum Gasteiger partial charge on any atom is 0.146 e. The smallest absolute Gasteiger partial charge is 0.146 e. The third-order valence-electron chi connectivity index (χ3n) is 4.01. The lowest BCUT2D eigenvalue weighted by atomic mass is 9.90. The van der Waals surface area contributed by atoms with E-state index in [1.165, 1.54) is 6.07 Å². The summed E-state index contributed by atoms with van der Waals surface area (Å²) >= 11 is 0. The Kier molecular flexibility index (Phi) is 4.42. The number of benzene rings is 1. The van der Waals surface area contributed by atoms with Crippen molar-refractivity contribution in [3.05, 3.63) is 29.6 Å². The van der Waals surface area contributed by atoms with Crippen LogP contribution in [0.15, 0.2) is 18.2 Å². The van der Waals surface area contributed by atoms with Gasteiger partial charge in [0.15, 0.2) is 0 Å². The maximum absolute atomic E-state index is 14.1. The van der Waals surface area contributed by atoms with Gasteiger partial charge in [-0.05, 0) is 25.8 Å². The molecule has 1 aromatic rings. The molecule has 19 heavy (non-hydrogen) atoms. The number of likely N-dealkylation sites (N-methyl/N-ethyl adjacent to an activating group) is 1. The molecule has 0 heterocycles. The van der Waals surface area contributed by atoms with Crippen LogP contribution >= 0.6 is 0 Å². The first-order chi connectivity index (χ1) is 9.02. The van der Waals surface area contributed by atoms with Gasteiger partial charge >= 0.3 is 0 Å². The van der Waals surface area contributed by atoms with Crippen molar-refractivity contribution < 1.29 is 14.6 Å². The normalized spacial score (nSPS) is 25.1. The number of anilines is 1. The molecule has 3 nitrogen and oxygen atoms in total. The lowest BCUT2D eigenvalue weighted by molar-refractivity contribution is 0.105. The molecule has 0 aromatic heterocycles. The van der Waals surface area contributed by atoms with E-state index in [0.717, 1.165) is 25.7 Å². The highest BCUT2D eigenvalue weighted by molar-refractivity contribution is 5.56. The molecule has 1 aliphatic rings. The summed E-state index contributed by atoms with van der Waals surface area (Å²) in [5.74, 6) is -0.348. The van der Waals surface area contributed by atoms with Gasteiger partial charge in [0.1, 0.15) is 5.82 Å². The van der Waals surface area contributed by atoms with Gasteiger partial charge in [0.25, 0.3) is 0 Å². The summed E-state index contributed by atoms with van der Waals surface area (Å²) in [5.41, 5.74) is 0.976. The summed E-state index contributed by atoms with van der Waals surface area (Å²) in [6, 6.07) is 4.65. The standard InChI is InChI=1S/C15H22FNO2/c1-10(18)11-6-5-7-12(16)15(11)17(2)13-8-3-4-9-14(13)19/h5-7,10,13-14,18-19H,3-4,8-9H2,1-2H3/t10-,13?,14?/m1/s1. The van der Waals surface area contributed by atoms with Crippen LogP contribution in [0.3, 0.4) is 0 Å². The molecule has 1 fully saturated rings. The molecule has 3 atom stereocenters. The van der Waals surface area contributed by atoms with Crippen molar-refractivity contribution in [3.8, 4) is 0 Å². The maximum atomic E-state index is 14.1. The molecule has 0 radical (unpaired) electrons. The van der Waals surface area contributed by atoms with E-state index in [1.807, 2.05) is 0 Å². The average molecular weight is 267 g/mol. The van der Waals surface area contributed by atoms with Crippen LogP contribution < -0.4 is 4.90 Å². The Morgan fingerprint density at radius 1 is 1.32 bits per heavy atom. The molecule has 1 aliphatic carbocycles. The molecule has 2 N–H and O–H groups in total. The van der Waals surface area contributed by atoms with E-state index >= 15 is 0 Å². The van der Waals surface area contributed by atoms with Crippen molar-refractivity contribution in [1.82, 2.24) is 0 Å². The van der Waals surface area contributed by atoms with E-state index < -0.39 is 12.2 Å². The molecule has 1 saturated carbocycles. The van der Waals surface area contributed by atoms with Crippen molar-refractivity contribution in [2.75, 3.05) is 11.9 Å². The van der Waals surface area contributed by atoms with Gasteiger partial charge < -0.3 is 15.1 Å². The molecule has 0 bridgehead atoms. The first-order valence-electron chi connectivity index (χ1n) is 6.89. The lowest BCUT2D eigenvalue weighted by Gasteiger charge is -2.38. The van der Waals surface area contributed by atoms with E-state index in [0.29, 0.717) is 11.3 Å². The van der Waals surface area contributed by atoms with Gasteiger partial charge in [0.05, 0.1) is 23.9 Å². The van der Waals surface area contributed by atoms with Crippen molar-refractivity contribution in [3.63, 3.8) is 0 Å². The van der Waals surface area contributed by atoms with Crippen molar-refractivity contribution in [2.45, 2.75) is 50.9 Å². The van der Waals surface area contributed by atoms with Crippen LogP contribution in [0.4, 0.5) is 10.1 Å². The number of hydrogen-bond acceptors (Lipinski definition) is 3. The summed E-state index contributed by atoms with van der Waals surface area (Å²) in [5, 5.41) is 19.9. The zero-order chi connectivity index (χ0) is 14.0. The third kappa shape index (κ3) is 2.90. The fraction of sp³-hybridized carbons (Fsp3) is 0.600. The average Bonchev–Trinajstić information content (AvgIpc) is 2.38. The van der Waals surface area contributed by atoms with Gasteiger partial charge in [-0.1, -0.05) is 25.0 Å². The van der Waals surface area contributed by atoms with Crippen LogP contribution in [0.25, 0.3) is 0 Å². The van der Waals surface area contributed by atoms with Crippen LogP contribution in [-0.2, 0) is 0 Å². The predicted octanol–water partition coefficient (Wildman–Crippen LogP) is 2.62. The van der Waals surface area contributed by atoms with E-state index in [9.17, 15) is 14.6 Å². The summed E-state index contributed by atoms with van der Waals surface area (Å²) < 4.78 is 14.1. The lowest BCUT2D eigenvalue weighted by Crippen LogP contribution is -2.44. The zero-order valence-corrected chi connectivity index (χ0v) is 11.5. The van der Waals surface area contributed by atoms with Gasteiger partial charge in [-0.15, -0.1) is 0 Å². The Labute approximate surface area is 113 Å². The highest BCUT2D eigenvalue weighted by Crippen LogP contribution is 2.33. The Morgan fingerprint density at radius 3 is 2.63 bits per heavy atom. The number of halogens is 1. The van der Waals surface area contributed by atoms with Gasteiger partial charge in [-0.3, -0.25) is 0 Å². The summed E-state index contributed by atoms with van der Waals surface area (Å²) in [7, 11) is 1.80. The Balaban J connectivity index is 2.34. The molecule has 0 amide bonds. The Hall–Kier alpha value is -1.13. The van der Waals surface area contributed by atoms with Crippen LogP contribution in [0.1, 0.15) is 44.3 Å². The SMILES string of the molecule is C[C@@H](O)c1cccc(F)c1N(C)C1CCCCC1O. The number of aliphatic hydroxyl groups is 2. The minimum atomic E-state index is -0.728. The molecule has 0 saturated heterocycles. The van der Waals surface area contributed by atoms with Crippen molar-refractivity contribution in [2.24, 2.45) is 0 Å². The third-order valence-corrected chi connectivity index (χ3v) is 4.01. The largest absolute Gasteiger partial charge is 0.391 e. The first kappa shape index (κ1) is 14.3. The molecule has 4 heteroatoms. The van der Waals surface area contributed by atoms with Gasteiger partial charge in [0.2, 0.25) is 0 Å². The van der Waals surface area contributed by atoms with Crippen molar-refractivity contribution >= 4 is 5.69 Å². The van der Waals surface area contributed by atoms with E-state index in [2.05, 4.69) is 0 Å². The second-order valence-corrected chi connectivity index (χ2v) is 5.38. The monoisotopic (exact) mass is 267 g/mol. The van der Waals surface area contributed by atoms with Crippen LogP contribution in [0.5, 0.6) is 0 Å². The quantitative estimate of drug-likeness (QED) is 0.884. The van der Waals surface area contributed by atoms with Crippen LogP contribution in [-0.4, -0.2) is 29.4 Å². The van der Waals surface area contributed by atoms with Crippen LogP contribution in [0.2, 0.25) is 0 Å². The van der Waals surface area contributed by atoms with Gasteiger partial charge in [0, 0.05) is 12.6 Å². The number of aliphatic hydroxyl groups excluding tert-OH is 2. The fourth-order valence-corrected chi connectivity index (χ4v) is 2.95. The summed E-state index contributed by atoms with van der Waals surface area (Å²) in [6.45, 7) is 1.63. The van der Waals surface area contributed by atoms with Gasteiger partial charge in [-0.2, -0.15) is 0 Å². The second kappa shape index (κ2) is 5.88. The fourth-order valence-electron chi connectivity index (χ4n) is 2.95. The molecule has 2 unspecified atom stereocenters. The minimum Gasteiger partial charge on any atom is -0.391 e. The van der Waals surface area contributed by atoms with E-state index in [-0.39, 0.29) is 11.9 Å². The zero-order valence-electron chi connectivity index (χ0n) is 11.5. The molecule has 0 spiro atoms. The Morgan fingerprint density at radius 2 is 2.00 bits per heavy atom. The topological polar surface area (TPSA) is 43.7 Å². The number of nitrogens with zero attached hydrogens (tertiary/aromatic N) is 1. The molecule has 0 aliphatic heterocycles. The second-order valence-electron chi connectivity index (χ2n) is 5.38. The summed E-state index contributed by atoms with van der Waals surface area (Å²) in [4.78, 5) is 1.79.